The average Bonchev–Trinajstić information content (AvgIpc) is 2.74. The van der Waals surface area contributed by atoms with Crippen molar-refractivity contribution in [1.29, 1.82) is 0 Å². The molecule has 96 valence electrons. The topological polar surface area (TPSA) is 21.1 Å². The van der Waals surface area contributed by atoms with Gasteiger partial charge in [-0.3, -0.25) is 4.68 Å². The Bertz CT molecular complexity index is 539. The number of benzene rings is 1. The number of halogens is 2. The van der Waals surface area contributed by atoms with E-state index in [1.54, 1.807) is 10.7 Å². The van der Waals surface area contributed by atoms with Gasteiger partial charge in [-0.2, -0.15) is 5.10 Å². The summed E-state index contributed by atoms with van der Waals surface area (Å²) >= 11 is 5.85. The molecule has 0 saturated carbocycles. The number of aromatic nitrogens is 2. The standard InChI is InChI=1S/C13H15ClFN3/c1-17(8-10-7-16-18(2)9-10)13-4-3-12(15)5-11(13)6-14/h3-5,7,9H,6,8H2,1-2H3. The van der Waals surface area contributed by atoms with Crippen LogP contribution in [0.2, 0.25) is 0 Å². The number of hydrogen-bond donors (Lipinski definition) is 0. The van der Waals surface area contributed by atoms with E-state index in [0.717, 1.165) is 16.8 Å². The second-order valence-electron chi connectivity index (χ2n) is 4.28. The van der Waals surface area contributed by atoms with E-state index in [-0.39, 0.29) is 5.82 Å². The van der Waals surface area contributed by atoms with Crippen LogP contribution in [-0.4, -0.2) is 16.8 Å². The Balaban J connectivity index is 2.20. The Morgan fingerprint density at radius 1 is 1.44 bits per heavy atom. The molecule has 1 aromatic heterocycles. The molecule has 2 aromatic rings. The minimum atomic E-state index is -0.260. The lowest BCUT2D eigenvalue weighted by Crippen LogP contribution is -2.17. The molecule has 0 aliphatic rings. The van der Waals surface area contributed by atoms with Crippen molar-refractivity contribution in [3.8, 4) is 0 Å². The molecule has 5 heteroatoms. The maximum atomic E-state index is 13.1. The molecule has 2 rings (SSSR count). The van der Waals surface area contributed by atoms with Crippen molar-refractivity contribution in [2.24, 2.45) is 7.05 Å². The first-order chi connectivity index (χ1) is 8.60. The van der Waals surface area contributed by atoms with Gasteiger partial charge < -0.3 is 4.90 Å². The molecule has 0 amide bonds. The molecule has 0 bridgehead atoms. The van der Waals surface area contributed by atoms with Crippen LogP contribution in [-0.2, 0) is 19.5 Å². The van der Waals surface area contributed by atoms with E-state index in [4.69, 9.17) is 11.6 Å². The smallest absolute Gasteiger partial charge is 0.123 e. The van der Waals surface area contributed by atoms with E-state index < -0.39 is 0 Å². The van der Waals surface area contributed by atoms with Gasteiger partial charge in [0.1, 0.15) is 5.82 Å². The summed E-state index contributed by atoms with van der Waals surface area (Å²) < 4.78 is 14.9. The highest BCUT2D eigenvalue weighted by atomic mass is 35.5. The number of aryl methyl sites for hydroxylation is 1. The summed E-state index contributed by atoms with van der Waals surface area (Å²) in [7, 11) is 3.84. The van der Waals surface area contributed by atoms with Gasteiger partial charge >= 0.3 is 0 Å². The Morgan fingerprint density at radius 2 is 2.22 bits per heavy atom. The lowest BCUT2D eigenvalue weighted by molar-refractivity contribution is 0.626. The Morgan fingerprint density at radius 3 is 2.83 bits per heavy atom. The van der Waals surface area contributed by atoms with Gasteiger partial charge in [-0.15, -0.1) is 11.6 Å². The van der Waals surface area contributed by atoms with E-state index in [1.165, 1.54) is 12.1 Å². The van der Waals surface area contributed by atoms with Crippen LogP contribution in [0.1, 0.15) is 11.1 Å². The van der Waals surface area contributed by atoms with Crippen LogP contribution in [0.5, 0.6) is 0 Å². The van der Waals surface area contributed by atoms with E-state index >= 15 is 0 Å². The third kappa shape index (κ3) is 2.82. The predicted octanol–water partition coefficient (Wildman–Crippen LogP) is 2.93. The molecule has 0 aliphatic carbocycles. The Labute approximate surface area is 111 Å². The second-order valence-corrected chi connectivity index (χ2v) is 4.55. The summed E-state index contributed by atoms with van der Waals surface area (Å²) in [6.45, 7) is 0.712. The zero-order valence-electron chi connectivity index (χ0n) is 10.4. The van der Waals surface area contributed by atoms with Crippen LogP contribution in [0.25, 0.3) is 0 Å². The summed E-state index contributed by atoms with van der Waals surface area (Å²) in [5, 5.41) is 4.12. The molecule has 0 aliphatic heterocycles. The summed E-state index contributed by atoms with van der Waals surface area (Å²) in [5.74, 6) is 0.0361. The molecule has 0 unspecified atom stereocenters. The molecule has 0 fully saturated rings. The van der Waals surface area contributed by atoms with Crippen molar-refractivity contribution in [3.05, 3.63) is 47.5 Å². The van der Waals surface area contributed by atoms with Gasteiger partial charge in [0.2, 0.25) is 0 Å². The first-order valence-electron chi connectivity index (χ1n) is 5.63. The SMILES string of the molecule is CN(Cc1cnn(C)c1)c1ccc(F)cc1CCl. The van der Waals surface area contributed by atoms with E-state index in [9.17, 15) is 4.39 Å². The zero-order chi connectivity index (χ0) is 13.1. The van der Waals surface area contributed by atoms with Gasteiger partial charge in [-0.25, -0.2) is 4.39 Å². The monoisotopic (exact) mass is 267 g/mol. The third-order valence-electron chi connectivity index (χ3n) is 2.77. The highest BCUT2D eigenvalue weighted by molar-refractivity contribution is 6.17. The van der Waals surface area contributed by atoms with E-state index in [2.05, 4.69) is 5.10 Å². The van der Waals surface area contributed by atoms with E-state index in [1.807, 2.05) is 31.4 Å². The van der Waals surface area contributed by atoms with Crippen molar-refractivity contribution < 1.29 is 4.39 Å². The fourth-order valence-corrected chi connectivity index (χ4v) is 2.16. The maximum absolute atomic E-state index is 13.1. The zero-order valence-corrected chi connectivity index (χ0v) is 11.2. The Hall–Kier alpha value is -1.55. The Kier molecular flexibility index (Phi) is 3.87. The fraction of sp³-hybridized carbons (Fsp3) is 0.308. The highest BCUT2D eigenvalue weighted by Gasteiger charge is 2.09. The summed E-state index contributed by atoms with van der Waals surface area (Å²) in [6.07, 6.45) is 3.78. The molecule has 1 aromatic carbocycles. The molecule has 0 spiro atoms. The largest absolute Gasteiger partial charge is 0.370 e. The van der Waals surface area contributed by atoms with Crippen LogP contribution in [0.4, 0.5) is 10.1 Å². The minimum Gasteiger partial charge on any atom is -0.370 e. The van der Waals surface area contributed by atoms with Gasteiger partial charge in [0.05, 0.1) is 6.20 Å². The molecule has 18 heavy (non-hydrogen) atoms. The first kappa shape index (κ1) is 12.9. The van der Waals surface area contributed by atoms with Crippen LogP contribution < -0.4 is 4.90 Å². The molecule has 1 heterocycles. The minimum absolute atomic E-state index is 0.260. The highest BCUT2D eigenvalue weighted by Crippen LogP contribution is 2.23. The van der Waals surface area contributed by atoms with Crippen molar-refractivity contribution in [1.82, 2.24) is 9.78 Å². The summed E-state index contributed by atoms with van der Waals surface area (Å²) in [6, 6.07) is 4.68. The van der Waals surface area contributed by atoms with Crippen LogP contribution in [0.15, 0.2) is 30.6 Å². The van der Waals surface area contributed by atoms with Gasteiger partial charge in [0.25, 0.3) is 0 Å². The van der Waals surface area contributed by atoms with Crippen LogP contribution in [0.3, 0.4) is 0 Å². The van der Waals surface area contributed by atoms with Gasteiger partial charge in [0.15, 0.2) is 0 Å². The van der Waals surface area contributed by atoms with Crippen molar-refractivity contribution in [3.63, 3.8) is 0 Å². The van der Waals surface area contributed by atoms with E-state index in [0.29, 0.717) is 12.4 Å². The maximum Gasteiger partial charge on any atom is 0.123 e. The van der Waals surface area contributed by atoms with Gasteiger partial charge in [-0.05, 0) is 23.8 Å². The number of nitrogens with zero attached hydrogens (tertiary/aromatic N) is 3. The molecule has 0 atom stereocenters. The van der Waals surface area contributed by atoms with Crippen molar-refractivity contribution in [2.45, 2.75) is 12.4 Å². The lowest BCUT2D eigenvalue weighted by Gasteiger charge is -2.21. The summed E-state index contributed by atoms with van der Waals surface area (Å²) in [4.78, 5) is 2.04. The number of anilines is 1. The first-order valence-corrected chi connectivity index (χ1v) is 6.16. The summed E-state index contributed by atoms with van der Waals surface area (Å²) in [5.41, 5.74) is 2.84. The second kappa shape index (κ2) is 5.40. The molecule has 3 nitrogen and oxygen atoms in total. The average molecular weight is 268 g/mol. The predicted molar refractivity (Wildman–Crippen MR) is 71.3 cm³/mol. The van der Waals surface area contributed by atoms with Crippen molar-refractivity contribution >= 4 is 17.3 Å². The van der Waals surface area contributed by atoms with Crippen LogP contribution >= 0.6 is 11.6 Å². The molecular formula is C13H15ClFN3. The van der Waals surface area contributed by atoms with Crippen molar-refractivity contribution in [2.75, 3.05) is 11.9 Å². The fourth-order valence-electron chi connectivity index (χ4n) is 1.95. The molecule has 0 radical (unpaired) electrons. The third-order valence-corrected chi connectivity index (χ3v) is 3.06. The van der Waals surface area contributed by atoms with Crippen LogP contribution in [0, 0.1) is 5.82 Å². The van der Waals surface area contributed by atoms with Gasteiger partial charge in [0, 0.05) is 44.0 Å². The lowest BCUT2D eigenvalue weighted by atomic mass is 10.1. The van der Waals surface area contributed by atoms with Gasteiger partial charge in [-0.1, -0.05) is 0 Å². The number of rotatable bonds is 4. The molecule has 0 N–H and O–H groups in total. The number of alkyl halides is 1. The normalized spacial score (nSPS) is 10.7. The number of hydrogen-bond acceptors (Lipinski definition) is 2. The molecular weight excluding hydrogens is 253 g/mol. The quantitative estimate of drug-likeness (QED) is 0.794. The molecule has 0 saturated heterocycles.